The van der Waals surface area contributed by atoms with Gasteiger partial charge in [0.05, 0.1) is 11.8 Å². The fourth-order valence-electron chi connectivity index (χ4n) is 2.70. The lowest BCUT2D eigenvalue weighted by Crippen LogP contribution is -2.33. The van der Waals surface area contributed by atoms with E-state index in [9.17, 15) is 9.59 Å². The van der Waals surface area contributed by atoms with E-state index >= 15 is 0 Å². The van der Waals surface area contributed by atoms with Crippen LogP contribution in [0.3, 0.4) is 0 Å². The maximum Gasteiger partial charge on any atom is 0.343 e. The minimum atomic E-state index is -0.783. The third kappa shape index (κ3) is 6.42. The third-order valence-corrected chi connectivity index (χ3v) is 5.16. The highest BCUT2D eigenvalue weighted by molar-refractivity contribution is 9.10. The average Bonchev–Trinajstić information content (AvgIpc) is 2.77. The van der Waals surface area contributed by atoms with Gasteiger partial charge >= 0.3 is 5.97 Å². The number of hydrogen-bond acceptors (Lipinski definition) is 5. The van der Waals surface area contributed by atoms with Crippen LogP contribution in [-0.2, 0) is 4.79 Å². The molecule has 0 aliphatic heterocycles. The molecule has 3 rings (SSSR count). The summed E-state index contributed by atoms with van der Waals surface area (Å²) >= 11 is 9.23. The number of aryl methyl sites for hydroxylation is 1. The van der Waals surface area contributed by atoms with E-state index in [0.717, 1.165) is 10.0 Å². The first-order chi connectivity index (χ1) is 15.3. The van der Waals surface area contributed by atoms with E-state index in [1.54, 1.807) is 61.5 Å². The SMILES string of the molecule is Cc1ccccc1C(=O)Oc1ccc(Br)cc1/C=N\NC(=O)[C@H](C)Oc1ccc(Cl)cc1. The number of esters is 1. The van der Waals surface area contributed by atoms with E-state index in [1.807, 2.05) is 19.1 Å². The van der Waals surface area contributed by atoms with Crippen LogP contribution in [0.5, 0.6) is 11.5 Å². The van der Waals surface area contributed by atoms with Crippen molar-refractivity contribution in [3.8, 4) is 11.5 Å². The maximum atomic E-state index is 12.6. The van der Waals surface area contributed by atoms with Gasteiger partial charge in [-0.2, -0.15) is 5.10 Å². The molecule has 3 aromatic carbocycles. The van der Waals surface area contributed by atoms with Crippen LogP contribution in [0.2, 0.25) is 5.02 Å². The van der Waals surface area contributed by atoms with Crippen LogP contribution in [-0.4, -0.2) is 24.2 Å². The number of rotatable bonds is 7. The zero-order valence-electron chi connectivity index (χ0n) is 17.3. The Labute approximate surface area is 199 Å². The molecule has 164 valence electrons. The van der Waals surface area contributed by atoms with Gasteiger partial charge in [0.1, 0.15) is 11.5 Å². The first-order valence-corrected chi connectivity index (χ1v) is 10.8. The van der Waals surface area contributed by atoms with Gasteiger partial charge in [0, 0.05) is 15.1 Å². The molecule has 0 heterocycles. The molecule has 0 aliphatic rings. The molecule has 0 saturated carbocycles. The van der Waals surface area contributed by atoms with Crippen LogP contribution in [0.25, 0.3) is 0 Å². The molecule has 1 N–H and O–H groups in total. The number of ether oxygens (including phenoxy) is 2. The summed E-state index contributed by atoms with van der Waals surface area (Å²) in [5.41, 5.74) is 4.22. The molecule has 3 aromatic rings. The van der Waals surface area contributed by atoms with Crippen molar-refractivity contribution in [2.24, 2.45) is 5.10 Å². The summed E-state index contributed by atoms with van der Waals surface area (Å²) < 4.78 is 11.9. The molecule has 0 fully saturated rings. The van der Waals surface area contributed by atoms with Crippen LogP contribution >= 0.6 is 27.5 Å². The average molecular weight is 516 g/mol. The normalized spacial score (nSPS) is 11.8. The highest BCUT2D eigenvalue weighted by atomic mass is 79.9. The molecule has 8 heteroatoms. The van der Waals surface area contributed by atoms with Gasteiger partial charge in [-0.05, 0) is 67.9 Å². The van der Waals surface area contributed by atoms with Gasteiger partial charge in [0.25, 0.3) is 5.91 Å². The number of nitrogens with one attached hydrogen (secondary N) is 1. The lowest BCUT2D eigenvalue weighted by molar-refractivity contribution is -0.127. The Morgan fingerprint density at radius 1 is 1.09 bits per heavy atom. The summed E-state index contributed by atoms with van der Waals surface area (Å²) in [6, 6.07) is 19.0. The number of hydrogen-bond donors (Lipinski definition) is 1. The largest absolute Gasteiger partial charge is 0.481 e. The molecule has 32 heavy (non-hydrogen) atoms. The summed E-state index contributed by atoms with van der Waals surface area (Å²) in [6.07, 6.45) is 0.618. The third-order valence-electron chi connectivity index (χ3n) is 4.41. The van der Waals surface area contributed by atoms with E-state index in [0.29, 0.717) is 27.6 Å². The Kier molecular flexibility index (Phi) is 8.03. The van der Waals surface area contributed by atoms with Gasteiger partial charge in [-0.25, -0.2) is 10.2 Å². The van der Waals surface area contributed by atoms with Gasteiger partial charge in [0.15, 0.2) is 6.10 Å². The van der Waals surface area contributed by atoms with Gasteiger partial charge in [0.2, 0.25) is 0 Å². The Bertz CT molecular complexity index is 1150. The van der Waals surface area contributed by atoms with Crippen molar-refractivity contribution in [2.45, 2.75) is 20.0 Å². The molecular weight excluding hydrogens is 496 g/mol. The minimum Gasteiger partial charge on any atom is -0.481 e. The molecule has 0 radical (unpaired) electrons. The summed E-state index contributed by atoms with van der Waals surface area (Å²) in [7, 11) is 0. The van der Waals surface area contributed by atoms with Gasteiger partial charge in [-0.3, -0.25) is 4.79 Å². The second kappa shape index (κ2) is 10.9. The maximum absolute atomic E-state index is 12.6. The standard InChI is InChI=1S/C24H20BrClN2O4/c1-15-5-3-4-6-21(15)24(30)32-22-12-7-18(25)13-17(22)14-27-28-23(29)16(2)31-20-10-8-19(26)9-11-20/h3-14,16H,1-2H3,(H,28,29)/b27-14-/t16-/m0/s1. The monoisotopic (exact) mass is 514 g/mol. The highest BCUT2D eigenvalue weighted by Gasteiger charge is 2.15. The lowest BCUT2D eigenvalue weighted by atomic mass is 10.1. The number of nitrogens with zero attached hydrogens (tertiary/aromatic N) is 1. The Morgan fingerprint density at radius 2 is 1.81 bits per heavy atom. The Balaban J connectivity index is 1.66. The van der Waals surface area contributed by atoms with Crippen molar-refractivity contribution in [2.75, 3.05) is 0 Å². The summed E-state index contributed by atoms with van der Waals surface area (Å²) in [4.78, 5) is 24.9. The van der Waals surface area contributed by atoms with Crippen molar-refractivity contribution in [3.63, 3.8) is 0 Å². The van der Waals surface area contributed by atoms with Crippen LogP contribution < -0.4 is 14.9 Å². The molecule has 0 saturated heterocycles. The molecule has 1 atom stereocenters. The van der Waals surface area contributed by atoms with Crippen molar-refractivity contribution in [1.82, 2.24) is 5.43 Å². The first kappa shape index (κ1) is 23.5. The predicted octanol–water partition coefficient (Wildman–Crippen LogP) is 5.55. The van der Waals surface area contributed by atoms with Crippen molar-refractivity contribution in [3.05, 3.63) is 92.9 Å². The summed E-state index contributed by atoms with van der Waals surface area (Å²) in [5.74, 6) is -0.0953. The van der Waals surface area contributed by atoms with Crippen LogP contribution in [0, 0.1) is 6.92 Å². The Morgan fingerprint density at radius 3 is 2.53 bits per heavy atom. The molecule has 0 bridgehead atoms. The topological polar surface area (TPSA) is 77.0 Å². The predicted molar refractivity (Wildman–Crippen MR) is 128 cm³/mol. The lowest BCUT2D eigenvalue weighted by Gasteiger charge is -2.13. The van der Waals surface area contributed by atoms with Gasteiger partial charge in [-0.1, -0.05) is 45.7 Å². The van der Waals surface area contributed by atoms with Gasteiger partial charge in [-0.15, -0.1) is 0 Å². The van der Waals surface area contributed by atoms with E-state index in [4.69, 9.17) is 21.1 Å². The van der Waals surface area contributed by atoms with E-state index in [1.165, 1.54) is 6.21 Å². The summed E-state index contributed by atoms with van der Waals surface area (Å²) in [6.45, 7) is 3.44. The zero-order chi connectivity index (χ0) is 23.1. The molecule has 0 unspecified atom stereocenters. The minimum absolute atomic E-state index is 0.310. The van der Waals surface area contributed by atoms with Crippen LogP contribution in [0.4, 0.5) is 0 Å². The van der Waals surface area contributed by atoms with Crippen molar-refractivity contribution in [1.29, 1.82) is 0 Å². The number of hydrazone groups is 1. The van der Waals surface area contributed by atoms with Crippen molar-refractivity contribution >= 4 is 45.6 Å². The van der Waals surface area contributed by atoms with Gasteiger partial charge < -0.3 is 9.47 Å². The van der Waals surface area contributed by atoms with Crippen molar-refractivity contribution < 1.29 is 19.1 Å². The number of amides is 1. The highest BCUT2D eigenvalue weighted by Crippen LogP contribution is 2.23. The fourth-order valence-corrected chi connectivity index (χ4v) is 3.20. The number of benzene rings is 3. The quantitative estimate of drug-likeness (QED) is 0.194. The van der Waals surface area contributed by atoms with Crippen LogP contribution in [0.15, 0.2) is 76.3 Å². The molecule has 0 aromatic heterocycles. The summed E-state index contributed by atoms with van der Waals surface area (Å²) in [5, 5.41) is 4.56. The number of halogens is 2. The zero-order valence-corrected chi connectivity index (χ0v) is 19.7. The smallest absolute Gasteiger partial charge is 0.343 e. The molecule has 6 nitrogen and oxygen atoms in total. The second-order valence-electron chi connectivity index (χ2n) is 6.83. The molecular formula is C24H20BrClN2O4. The first-order valence-electron chi connectivity index (χ1n) is 9.66. The number of carbonyl (C=O) groups excluding carboxylic acids is 2. The van der Waals surface area contributed by atoms with E-state index < -0.39 is 18.0 Å². The molecule has 1 amide bonds. The second-order valence-corrected chi connectivity index (χ2v) is 8.19. The Hall–Kier alpha value is -3.16. The van der Waals surface area contributed by atoms with E-state index in [-0.39, 0.29) is 0 Å². The van der Waals surface area contributed by atoms with E-state index in [2.05, 4.69) is 26.5 Å². The fraction of sp³-hybridized carbons (Fsp3) is 0.125. The molecule has 0 aliphatic carbocycles. The van der Waals surface area contributed by atoms with Crippen LogP contribution in [0.1, 0.15) is 28.4 Å². The number of carbonyl (C=O) groups is 2. The molecule has 0 spiro atoms.